The van der Waals surface area contributed by atoms with Crippen molar-refractivity contribution in [3.63, 3.8) is 0 Å². The molecule has 0 bridgehead atoms. The molecule has 0 saturated carbocycles. The van der Waals surface area contributed by atoms with E-state index in [1.165, 1.54) is 6.07 Å². The molecule has 0 saturated heterocycles. The summed E-state index contributed by atoms with van der Waals surface area (Å²) in [4.78, 5) is 52.3. The molecule has 0 fully saturated rings. The lowest BCUT2D eigenvalue weighted by atomic mass is 10.0. The number of amides is 1. The Morgan fingerprint density at radius 1 is 1.13 bits per heavy atom. The largest absolute Gasteiger partial charge is 0.491 e. The van der Waals surface area contributed by atoms with Crippen molar-refractivity contribution in [3.8, 4) is 5.75 Å². The van der Waals surface area contributed by atoms with Gasteiger partial charge in [0.05, 0.1) is 11.6 Å². The van der Waals surface area contributed by atoms with Crippen LogP contribution in [0.1, 0.15) is 33.3 Å². The van der Waals surface area contributed by atoms with Crippen LogP contribution in [0.2, 0.25) is 5.02 Å². The molecule has 0 aliphatic heterocycles. The number of nitrogens with one attached hydrogen (secondary N) is 3. The summed E-state index contributed by atoms with van der Waals surface area (Å²) in [7, 11) is 0. The Bertz CT molecular complexity index is 1240. The number of ketones is 1. The molecule has 1 atom stereocenters. The van der Waals surface area contributed by atoms with E-state index in [0.29, 0.717) is 16.3 Å². The Labute approximate surface area is 181 Å². The Kier molecular flexibility index (Phi) is 6.56. The summed E-state index contributed by atoms with van der Waals surface area (Å²) < 4.78 is 5.75. The van der Waals surface area contributed by atoms with Crippen molar-refractivity contribution in [1.29, 1.82) is 0 Å². The van der Waals surface area contributed by atoms with E-state index >= 15 is 0 Å². The smallest absolute Gasteiger partial charge is 0.326 e. The third-order valence-corrected chi connectivity index (χ3v) is 4.53. The van der Waals surface area contributed by atoms with Crippen molar-refractivity contribution < 1.29 is 14.3 Å². The number of halogens is 1. The van der Waals surface area contributed by atoms with Gasteiger partial charge >= 0.3 is 5.69 Å². The first-order chi connectivity index (χ1) is 14.8. The van der Waals surface area contributed by atoms with Crippen molar-refractivity contribution >= 4 is 29.0 Å². The van der Waals surface area contributed by atoms with Gasteiger partial charge in [0.15, 0.2) is 5.78 Å². The molecule has 10 heteroatoms. The van der Waals surface area contributed by atoms with Gasteiger partial charge in [-0.05, 0) is 25.1 Å². The summed E-state index contributed by atoms with van der Waals surface area (Å²) >= 11 is 6.05. The number of hydrogen-bond donors (Lipinski definition) is 4. The highest BCUT2D eigenvalue weighted by Crippen LogP contribution is 2.25. The highest BCUT2D eigenvalue weighted by atomic mass is 35.5. The van der Waals surface area contributed by atoms with Gasteiger partial charge in [-0.1, -0.05) is 41.9 Å². The van der Waals surface area contributed by atoms with Crippen LogP contribution in [0.5, 0.6) is 5.75 Å². The second-order valence-corrected chi connectivity index (χ2v) is 7.15. The maximum Gasteiger partial charge on any atom is 0.326 e. The van der Waals surface area contributed by atoms with Gasteiger partial charge in [0, 0.05) is 10.6 Å². The average molecular weight is 443 g/mol. The number of aromatic amines is 2. The molecule has 5 N–H and O–H groups in total. The fraction of sp³-hybridized carbons (Fsp3) is 0.143. The van der Waals surface area contributed by atoms with Crippen LogP contribution >= 0.6 is 11.6 Å². The molecule has 3 rings (SSSR count). The van der Waals surface area contributed by atoms with Gasteiger partial charge in [-0.3, -0.25) is 19.4 Å². The van der Waals surface area contributed by atoms with Gasteiger partial charge < -0.3 is 20.8 Å². The summed E-state index contributed by atoms with van der Waals surface area (Å²) in [6, 6.07) is 12.8. The number of hydrogen-bond acceptors (Lipinski definition) is 6. The number of ether oxygens (including phenoxy) is 1. The fourth-order valence-electron chi connectivity index (χ4n) is 2.78. The SMILES string of the molecule is CC(COc1ccc(Cl)cc1C(=O)c1ccccc1)NC(=O)c1[nH]c(=O)[nH]c(=O)c1N. The molecule has 0 spiro atoms. The number of nitrogens with two attached hydrogens (primary N) is 1. The van der Waals surface area contributed by atoms with Crippen LogP contribution in [0, 0.1) is 0 Å². The van der Waals surface area contributed by atoms with Crippen LogP contribution in [0.25, 0.3) is 0 Å². The van der Waals surface area contributed by atoms with Crippen LogP contribution < -0.4 is 27.0 Å². The number of benzene rings is 2. The molecular formula is C21H19ClN4O5. The number of carbonyl (C=O) groups is 2. The van der Waals surface area contributed by atoms with E-state index in [1.54, 1.807) is 49.4 Å². The average Bonchev–Trinajstić information content (AvgIpc) is 2.75. The minimum Gasteiger partial charge on any atom is -0.491 e. The molecule has 3 aromatic rings. The molecular weight excluding hydrogens is 424 g/mol. The third-order valence-electron chi connectivity index (χ3n) is 4.30. The van der Waals surface area contributed by atoms with Gasteiger partial charge in [0.1, 0.15) is 23.7 Å². The molecule has 1 unspecified atom stereocenters. The maximum absolute atomic E-state index is 12.8. The zero-order chi connectivity index (χ0) is 22.5. The molecule has 0 aliphatic rings. The molecule has 160 valence electrons. The van der Waals surface area contributed by atoms with E-state index < -0.39 is 28.9 Å². The second-order valence-electron chi connectivity index (χ2n) is 6.72. The minimum atomic E-state index is -0.858. The first kappa shape index (κ1) is 21.8. The lowest BCUT2D eigenvalue weighted by molar-refractivity contribution is 0.0919. The highest BCUT2D eigenvalue weighted by molar-refractivity contribution is 6.31. The number of carbonyl (C=O) groups excluding carboxylic acids is 2. The Morgan fingerprint density at radius 3 is 2.55 bits per heavy atom. The number of anilines is 1. The summed E-state index contributed by atoms with van der Waals surface area (Å²) in [5.41, 5.74) is 3.86. The summed E-state index contributed by atoms with van der Waals surface area (Å²) in [6.07, 6.45) is 0. The first-order valence-electron chi connectivity index (χ1n) is 9.21. The normalized spacial score (nSPS) is 11.5. The van der Waals surface area contributed by atoms with Crippen LogP contribution in [-0.2, 0) is 0 Å². The molecule has 0 aliphatic carbocycles. The van der Waals surface area contributed by atoms with E-state index in [1.807, 2.05) is 4.98 Å². The highest BCUT2D eigenvalue weighted by Gasteiger charge is 2.19. The maximum atomic E-state index is 12.8. The minimum absolute atomic E-state index is 0.00420. The second kappa shape index (κ2) is 9.31. The standard InChI is InChI=1S/C21H19ClN4O5/c1-11(24-20(29)17-16(23)19(28)26-21(30)25-17)10-31-15-8-7-13(22)9-14(15)18(27)12-5-3-2-4-6-12/h2-9,11H,10,23H2,1H3,(H,24,29)(H2,25,26,28,30). The van der Waals surface area contributed by atoms with Crippen molar-refractivity contribution in [2.45, 2.75) is 13.0 Å². The van der Waals surface area contributed by atoms with Crippen molar-refractivity contribution in [2.24, 2.45) is 0 Å². The number of aromatic nitrogens is 2. The van der Waals surface area contributed by atoms with Crippen molar-refractivity contribution in [2.75, 3.05) is 12.3 Å². The summed E-state index contributed by atoms with van der Waals surface area (Å²) in [5.74, 6) is -0.708. The van der Waals surface area contributed by atoms with Crippen LogP contribution in [0.3, 0.4) is 0 Å². The zero-order valence-electron chi connectivity index (χ0n) is 16.4. The Morgan fingerprint density at radius 2 is 1.84 bits per heavy atom. The van der Waals surface area contributed by atoms with E-state index in [4.69, 9.17) is 22.1 Å². The van der Waals surface area contributed by atoms with Gasteiger partial charge in [0.2, 0.25) is 0 Å². The molecule has 1 heterocycles. The predicted molar refractivity (Wildman–Crippen MR) is 116 cm³/mol. The predicted octanol–water partition coefficient (Wildman–Crippen LogP) is 1.73. The molecule has 1 aromatic heterocycles. The summed E-state index contributed by atoms with van der Waals surface area (Å²) in [6.45, 7) is 1.64. The number of H-pyrrole nitrogens is 2. The van der Waals surface area contributed by atoms with E-state index in [-0.39, 0.29) is 23.6 Å². The quantitative estimate of drug-likeness (QED) is 0.409. The Hall–Kier alpha value is -3.85. The van der Waals surface area contributed by atoms with Gasteiger partial charge in [-0.2, -0.15) is 0 Å². The zero-order valence-corrected chi connectivity index (χ0v) is 17.2. The first-order valence-corrected chi connectivity index (χ1v) is 9.59. The fourth-order valence-corrected chi connectivity index (χ4v) is 2.95. The van der Waals surface area contributed by atoms with Crippen molar-refractivity contribution in [1.82, 2.24) is 15.3 Å². The number of rotatable bonds is 7. The van der Waals surface area contributed by atoms with Crippen LogP contribution in [0.4, 0.5) is 5.69 Å². The van der Waals surface area contributed by atoms with Crippen LogP contribution in [-0.4, -0.2) is 34.3 Å². The molecule has 0 radical (unpaired) electrons. The third kappa shape index (κ3) is 5.20. The Balaban J connectivity index is 1.73. The molecule has 2 aromatic carbocycles. The molecule has 31 heavy (non-hydrogen) atoms. The van der Waals surface area contributed by atoms with Gasteiger partial charge in [0.25, 0.3) is 11.5 Å². The lowest BCUT2D eigenvalue weighted by Crippen LogP contribution is -2.40. The number of nitrogen functional groups attached to an aromatic ring is 1. The van der Waals surface area contributed by atoms with Crippen molar-refractivity contribution in [3.05, 3.63) is 91.2 Å². The van der Waals surface area contributed by atoms with Gasteiger partial charge in [-0.15, -0.1) is 0 Å². The molecule has 9 nitrogen and oxygen atoms in total. The molecule has 1 amide bonds. The van der Waals surface area contributed by atoms with Gasteiger partial charge in [-0.25, -0.2) is 4.79 Å². The summed E-state index contributed by atoms with van der Waals surface area (Å²) in [5, 5.41) is 2.95. The van der Waals surface area contributed by atoms with Crippen LogP contribution in [0.15, 0.2) is 58.1 Å². The van der Waals surface area contributed by atoms with E-state index in [9.17, 15) is 19.2 Å². The lowest BCUT2D eigenvalue weighted by Gasteiger charge is -2.17. The van der Waals surface area contributed by atoms with E-state index in [0.717, 1.165) is 0 Å². The monoisotopic (exact) mass is 442 g/mol. The van der Waals surface area contributed by atoms with E-state index in [2.05, 4.69) is 10.3 Å². The topological polar surface area (TPSA) is 147 Å².